The molecule has 188 valence electrons. The first-order valence-electron chi connectivity index (χ1n) is 13.7. The molecule has 0 amide bonds. The summed E-state index contributed by atoms with van der Waals surface area (Å²) in [7, 11) is 0. The first kappa shape index (κ1) is 23.3. The van der Waals surface area contributed by atoms with Gasteiger partial charge in [0.15, 0.2) is 0 Å². The molecule has 0 fully saturated rings. The van der Waals surface area contributed by atoms with E-state index in [2.05, 4.69) is 155 Å². The van der Waals surface area contributed by atoms with Gasteiger partial charge in [-0.1, -0.05) is 103 Å². The van der Waals surface area contributed by atoms with Gasteiger partial charge in [0.25, 0.3) is 0 Å². The zero-order chi connectivity index (χ0) is 26.0. The predicted molar refractivity (Wildman–Crippen MR) is 166 cm³/mol. The Hall–Kier alpha value is -4.82. The van der Waals surface area contributed by atoms with Crippen molar-refractivity contribution in [3.8, 4) is 16.8 Å². The summed E-state index contributed by atoms with van der Waals surface area (Å²) < 4.78 is 2.39. The van der Waals surface area contributed by atoms with E-state index in [1.54, 1.807) is 0 Å². The van der Waals surface area contributed by atoms with Crippen molar-refractivity contribution in [1.29, 1.82) is 0 Å². The van der Waals surface area contributed by atoms with Gasteiger partial charge in [0.1, 0.15) is 0 Å². The van der Waals surface area contributed by atoms with E-state index in [1.165, 1.54) is 55.9 Å². The van der Waals surface area contributed by atoms with E-state index in [4.69, 9.17) is 0 Å². The van der Waals surface area contributed by atoms with Gasteiger partial charge >= 0.3 is 0 Å². The van der Waals surface area contributed by atoms with Crippen molar-refractivity contribution in [2.24, 2.45) is 0 Å². The molecule has 2 aliphatic rings. The topological polar surface area (TPSA) is 8.17 Å². The molecule has 5 aromatic rings. The molecule has 4 aromatic carbocycles. The maximum Gasteiger partial charge on any atom is 0.0537 e. The number of rotatable bonds is 3. The van der Waals surface area contributed by atoms with Gasteiger partial charge in [-0.05, 0) is 77.6 Å². The van der Waals surface area contributed by atoms with Crippen LogP contribution in [0.25, 0.3) is 33.8 Å². The van der Waals surface area contributed by atoms with Crippen LogP contribution in [0.15, 0.2) is 140 Å². The molecule has 39 heavy (non-hydrogen) atoms. The summed E-state index contributed by atoms with van der Waals surface area (Å²) in [5.41, 5.74) is 11.4. The largest absolute Gasteiger partial charge is 0.337 e. The highest BCUT2D eigenvalue weighted by Crippen LogP contribution is 2.34. The second kappa shape index (κ2) is 10.2. The van der Waals surface area contributed by atoms with Crippen molar-refractivity contribution in [2.75, 3.05) is 11.4 Å². The molecule has 0 bridgehead atoms. The quantitative estimate of drug-likeness (QED) is 0.239. The van der Waals surface area contributed by atoms with Gasteiger partial charge in [0.2, 0.25) is 0 Å². The van der Waals surface area contributed by atoms with Crippen LogP contribution in [-0.4, -0.2) is 11.1 Å². The number of fused-ring (bicyclic) bond motifs is 4. The predicted octanol–water partition coefficient (Wildman–Crippen LogP) is 9.23. The summed E-state index contributed by atoms with van der Waals surface area (Å²) in [4.78, 5) is 2.40. The number of hydrogen-bond acceptors (Lipinski definition) is 1. The highest BCUT2D eigenvalue weighted by molar-refractivity contribution is 5.91. The zero-order valence-corrected chi connectivity index (χ0v) is 21.9. The average Bonchev–Trinajstić information content (AvgIpc) is 3.17. The van der Waals surface area contributed by atoms with Gasteiger partial charge in [0.05, 0.1) is 11.2 Å². The number of aromatic nitrogens is 1. The average molecular weight is 503 g/mol. The zero-order valence-electron chi connectivity index (χ0n) is 21.9. The Bertz CT molecular complexity index is 1760. The minimum absolute atomic E-state index is 0.842. The summed E-state index contributed by atoms with van der Waals surface area (Å²) in [6.07, 6.45) is 19.4. The molecular weight excluding hydrogens is 472 g/mol. The molecule has 1 aromatic heterocycles. The lowest BCUT2D eigenvalue weighted by atomic mass is 10.0. The van der Waals surface area contributed by atoms with Crippen LogP contribution < -0.4 is 4.90 Å². The number of allylic oxidation sites excluding steroid dienone is 6. The lowest BCUT2D eigenvalue weighted by molar-refractivity contribution is 1.07. The van der Waals surface area contributed by atoms with Crippen molar-refractivity contribution >= 4 is 28.4 Å². The first-order chi connectivity index (χ1) is 19.4. The van der Waals surface area contributed by atoms with Gasteiger partial charge in [-0.3, -0.25) is 0 Å². The van der Waals surface area contributed by atoms with Crippen molar-refractivity contribution in [3.63, 3.8) is 0 Å². The van der Waals surface area contributed by atoms with E-state index in [-0.39, 0.29) is 0 Å². The fourth-order valence-corrected chi connectivity index (χ4v) is 5.85. The first-order valence-corrected chi connectivity index (χ1v) is 13.7. The Kier molecular flexibility index (Phi) is 6.07. The standard InChI is InChI=1S/C37H30N2/c1-2-11-27-38(35-16-9-7-13-30(35)12-4-1)31-23-19-28(20-24-31)29-21-25-32(26-22-29)39-36-17-6-3-5-14-33(36)34-15-8-10-18-37(34)39/h1-11,13,15-26H,12,14,27H2/b4-1-,11-2-. The molecule has 2 nitrogen and oxygen atoms in total. The lowest BCUT2D eigenvalue weighted by Gasteiger charge is -2.26. The van der Waals surface area contributed by atoms with E-state index in [0.29, 0.717) is 0 Å². The van der Waals surface area contributed by atoms with Crippen LogP contribution in [0.2, 0.25) is 0 Å². The van der Waals surface area contributed by atoms with Crippen LogP contribution in [0, 0.1) is 0 Å². The Morgan fingerprint density at radius 3 is 2.05 bits per heavy atom. The second-order valence-electron chi connectivity index (χ2n) is 10.1. The van der Waals surface area contributed by atoms with Gasteiger partial charge in [-0.15, -0.1) is 0 Å². The van der Waals surface area contributed by atoms with Gasteiger partial charge < -0.3 is 9.47 Å². The van der Waals surface area contributed by atoms with Gasteiger partial charge in [-0.2, -0.15) is 0 Å². The van der Waals surface area contributed by atoms with E-state index in [1.807, 2.05) is 0 Å². The van der Waals surface area contributed by atoms with Crippen LogP contribution in [0.1, 0.15) is 16.8 Å². The molecule has 2 heterocycles. The molecule has 0 atom stereocenters. The second-order valence-corrected chi connectivity index (χ2v) is 10.1. The third-order valence-corrected chi connectivity index (χ3v) is 7.77. The summed E-state index contributed by atoms with van der Waals surface area (Å²) in [6, 6.07) is 35.4. The SMILES string of the molecule is C1=CCc2c(n(-c3ccc(-c4ccc(N5C/C=C\C=C/Cc6ccccc65)cc4)cc3)c3ccccc23)C=C1. The van der Waals surface area contributed by atoms with Crippen LogP contribution in [0.5, 0.6) is 0 Å². The highest BCUT2D eigenvalue weighted by Gasteiger charge is 2.17. The molecule has 0 radical (unpaired) electrons. The van der Waals surface area contributed by atoms with Crippen LogP contribution in [0.4, 0.5) is 11.4 Å². The minimum Gasteiger partial charge on any atom is -0.337 e. The van der Waals surface area contributed by atoms with Crippen molar-refractivity contribution in [2.45, 2.75) is 12.8 Å². The monoisotopic (exact) mass is 502 g/mol. The van der Waals surface area contributed by atoms with E-state index < -0.39 is 0 Å². The Morgan fingerprint density at radius 1 is 0.538 bits per heavy atom. The summed E-state index contributed by atoms with van der Waals surface area (Å²) in [5, 5.41) is 1.33. The summed E-state index contributed by atoms with van der Waals surface area (Å²) in [5.74, 6) is 0. The molecular formula is C37H30N2. The molecule has 0 N–H and O–H groups in total. The fraction of sp³-hybridized carbons (Fsp3) is 0.0811. The maximum atomic E-state index is 2.40. The number of benzene rings is 4. The molecule has 1 aliphatic heterocycles. The van der Waals surface area contributed by atoms with Crippen LogP contribution in [-0.2, 0) is 12.8 Å². The molecule has 0 saturated carbocycles. The number of hydrogen-bond donors (Lipinski definition) is 0. The van der Waals surface area contributed by atoms with Crippen LogP contribution in [0.3, 0.4) is 0 Å². The smallest absolute Gasteiger partial charge is 0.0537 e. The Labute approximate surface area is 230 Å². The molecule has 2 heteroatoms. The summed E-state index contributed by atoms with van der Waals surface area (Å²) >= 11 is 0. The van der Waals surface area contributed by atoms with Gasteiger partial charge in [0, 0.05) is 29.0 Å². The lowest BCUT2D eigenvalue weighted by Crippen LogP contribution is -2.18. The van der Waals surface area contributed by atoms with E-state index in [9.17, 15) is 0 Å². The molecule has 0 unspecified atom stereocenters. The Morgan fingerprint density at radius 2 is 1.21 bits per heavy atom. The maximum absolute atomic E-state index is 2.40. The number of nitrogens with zero attached hydrogens (tertiary/aromatic N) is 2. The molecule has 0 spiro atoms. The normalized spacial score (nSPS) is 16.1. The number of para-hydroxylation sites is 2. The van der Waals surface area contributed by atoms with E-state index >= 15 is 0 Å². The van der Waals surface area contributed by atoms with Crippen LogP contribution >= 0.6 is 0 Å². The fourth-order valence-electron chi connectivity index (χ4n) is 5.85. The van der Waals surface area contributed by atoms with Crippen molar-refractivity contribution < 1.29 is 0 Å². The van der Waals surface area contributed by atoms with Crippen molar-refractivity contribution in [1.82, 2.24) is 4.57 Å². The summed E-state index contributed by atoms with van der Waals surface area (Å²) in [6.45, 7) is 0.842. The molecule has 0 saturated heterocycles. The van der Waals surface area contributed by atoms with Crippen molar-refractivity contribution in [3.05, 3.63) is 156 Å². The third-order valence-electron chi connectivity index (χ3n) is 7.77. The highest BCUT2D eigenvalue weighted by atomic mass is 15.1. The molecule has 1 aliphatic carbocycles. The number of anilines is 2. The van der Waals surface area contributed by atoms with E-state index in [0.717, 1.165) is 19.4 Å². The third kappa shape index (κ3) is 4.34. The minimum atomic E-state index is 0.842. The van der Waals surface area contributed by atoms with Gasteiger partial charge in [-0.25, -0.2) is 0 Å². The molecule has 7 rings (SSSR count). The Balaban J connectivity index is 1.21.